The molecule has 0 aromatic heterocycles. The van der Waals surface area contributed by atoms with E-state index in [0.717, 1.165) is 11.1 Å². The van der Waals surface area contributed by atoms with Crippen molar-refractivity contribution in [3.8, 4) is 0 Å². The lowest BCUT2D eigenvalue weighted by Gasteiger charge is -2.76. The number of aliphatic hydroxyl groups is 2. The van der Waals surface area contributed by atoms with E-state index >= 15 is 0 Å². The van der Waals surface area contributed by atoms with Gasteiger partial charge in [-0.2, -0.15) is 0 Å². The van der Waals surface area contributed by atoms with Crippen LogP contribution in [-0.4, -0.2) is 44.6 Å². The number of rotatable bonds is 4. The van der Waals surface area contributed by atoms with Crippen LogP contribution < -0.4 is 0 Å². The fraction of sp³-hybridized carbons (Fsp3) is 0.815. The molecule has 0 amide bonds. The summed E-state index contributed by atoms with van der Waals surface area (Å²) in [6.07, 6.45) is 1.13. The second kappa shape index (κ2) is 6.37. The minimum atomic E-state index is -1.19. The Morgan fingerprint density at radius 2 is 1.70 bits per heavy atom. The minimum Gasteiger partial charge on any atom is -0.481 e. The summed E-state index contributed by atoms with van der Waals surface area (Å²) in [5.41, 5.74) is -2.10. The monoisotopic (exact) mass is 458 g/mol. The zero-order valence-corrected chi connectivity index (χ0v) is 20.7. The number of fused-ring (bicyclic) bond motifs is 3. The summed E-state index contributed by atoms with van der Waals surface area (Å²) in [7, 11) is 0. The maximum Gasteiger partial charge on any atom is 0.303 e. The quantitative estimate of drug-likeness (QED) is 0.556. The van der Waals surface area contributed by atoms with Crippen LogP contribution in [0.25, 0.3) is 0 Å². The highest BCUT2D eigenvalue weighted by Crippen LogP contribution is 2.81. The van der Waals surface area contributed by atoms with E-state index in [0.29, 0.717) is 32.1 Å². The molecule has 0 heterocycles. The summed E-state index contributed by atoms with van der Waals surface area (Å²) in [5.74, 6) is -0.976. The Balaban J connectivity index is 1.68. The average Bonchev–Trinajstić information content (AvgIpc) is 2.91. The lowest BCUT2D eigenvalue weighted by atomic mass is 9.28. The van der Waals surface area contributed by atoms with Crippen LogP contribution in [0.5, 0.6) is 0 Å². The summed E-state index contributed by atoms with van der Waals surface area (Å²) < 4.78 is 0. The molecule has 0 radical (unpaired) electrons. The lowest BCUT2D eigenvalue weighted by Crippen LogP contribution is -2.77. The summed E-state index contributed by atoms with van der Waals surface area (Å²) in [6.45, 7) is 12.1. The number of Topliss-reactive ketones (excluding diaryl/α,β-unsaturated/α-hetero) is 2. The number of aliphatic carboxylic acids is 1. The van der Waals surface area contributed by atoms with Crippen molar-refractivity contribution in [3.05, 3.63) is 11.1 Å². The highest BCUT2D eigenvalue weighted by atomic mass is 16.4. The molecule has 6 nitrogen and oxygen atoms in total. The van der Waals surface area contributed by atoms with E-state index in [1.165, 1.54) is 0 Å². The number of carbonyl (C=O) groups excluding carboxylic acids is 2. The van der Waals surface area contributed by atoms with Gasteiger partial charge in [0.1, 0.15) is 11.6 Å². The van der Waals surface area contributed by atoms with E-state index in [4.69, 9.17) is 0 Å². The van der Waals surface area contributed by atoms with E-state index < -0.39 is 39.3 Å². The first-order valence-corrected chi connectivity index (χ1v) is 12.5. The maximum absolute atomic E-state index is 13.7. The van der Waals surface area contributed by atoms with Gasteiger partial charge in [0.25, 0.3) is 0 Å². The number of hydrogen-bond donors (Lipinski definition) is 3. The van der Waals surface area contributed by atoms with Crippen molar-refractivity contribution in [1.82, 2.24) is 0 Å². The largest absolute Gasteiger partial charge is 0.481 e. The topological polar surface area (TPSA) is 112 Å². The van der Waals surface area contributed by atoms with Crippen molar-refractivity contribution in [2.75, 3.05) is 0 Å². The molecule has 0 aliphatic heterocycles. The Morgan fingerprint density at radius 1 is 1.06 bits per heavy atom. The van der Waals surface area contributed by atoms with Crippen molar-refractivity contribution in [1.29, 1.82) is 0 Å². The van der Waals surface area contributed by atoms with Crippen LogP contribution in [0.15, 0.2) is 11.1 Å². The molecular formula is C27H38O6. The van der Waals surface area contributed by atoms with Gasteiger partial charge in [-0.1, -0.05) is 34.6 Å². The smallest absolute Gasteiger partial charge is 0.303 e. The van der Waals surface area contributed by atoms with Crippen molar-refractivity contribution >= 4 is 17.5 Å². The standard InChI is InChI=1S/C27H38O6/c1-13(7-8-20(31)32)14-9-19(30)26(6)21-15(28)10-16-23(2,3)18(29)11-17-25(16,5)22(21)27(17,33)12-24(14,26)4/h13-17,28,33H,7-12H2,1-6H3,(H,31,32)/t13-,14-,15+,16+,17+,24-,25-,26+,27-/m1/s1. The number of carboxylic acids is 1. The zero-order chi connectivity index (χ0) is 24.5. The second-order valence-corrected chi connectivity index (χ2v) is 13.1. The van der Waals surface area contributed by atoms with Crippen LogP contribution in [0.3, 0.4) is 0 Å². The first-order chi connectivity index (χ1) is 15.1. The van der Waals surface area contributed by atoms with E-state index in [1.54, 1.807) is 0 Å². The van der Waals surface area contributed by atoms with Gasteiger partial charge >= 0.3 is 5.97 Å². The van der Waals surface area contributed by atoms with E-state index in [9.17, 15) is 29.7 Å². The van der Waals surface area contributed by atoms with Gasteiger partial charge in [0.15, 0.2) is 0 Å². The SMILES string of the molecule is C[C@H](CCC(=O)O)[C@H]1CC(=O)[C@@]2(C)C3=C4[C@]5(C)[C@@H](C[C@@H]3O)C(C)(C)C(=O)C[C@@H]5[C@]4(O)C[C@]12C. The van der Waals surface area contributed by atoms with Crippen molar-refractivity contribution in [3.63, 3.8) is 0 Å². The van der Waals surface area contributed by atoms with E-state index in [1.807, 2.05) is 27.7 Å². The fourth-order valence-electron chi connectivity index (χ4n) is 9.81. The predicted molar refractivity (Wildman–Crippen MR) is 121 cm³/mol. The molecule has 182 valence electrons. The van der Waals surface area contributed by atoms with Crippen molar-refractivity contribution in [2.24, 2.45) is 45.3 Å². The molecule has 0 unspecified atom stereocenters. The van der Waals surface area contributed by atoms with Gasteiger partial charge in [-0.05, 0) is 60.5 Å². The van der Waals surface area contributed by atoms with Crippen LogP contribution in [-0.2, 0) is 14.4 Å². The minimum absolute atomic E-state index is 0.00510. The number of ketones is 2. The molecule has 3 saturated carbocycles. The molecule has 0 saturated heterocycles. The van der Waals surface area contributed by atoms with E-state index in [-0.39, 0.29) is 41.7 Å². The maximum atomic E-state index is 13.7. The number of hydrogen-bond acceptors (Lipinski definition) is 5. The molecule has 6 heteroatoms. The zero-order valence-electron chi connectivity index (χ0n) is 20.7. The summed E-state index contributed by atoms with van der Waals surface area (Å²) in [5, 5.41) is 33.0. The molecular weight excluding hydrogens is 420 g/mol. The summed E-state index contributed by atoms with van der Waals surface area (Å²) in [6, 6.07) is 0. The molecule has 5 aliphatic carbocycles. The van der Waals surface area contributed by atoms with Crippen LogP contribution in [0.1, 0.15) is 80.1 Å². The average molecular weight is 459 g/mol. The predicted octanol–water partition coefficient (Wildman–Crippen LogP) is 3.54. The summed E-state index contributed by atoms with van der Waals surface area (Å²) in [4.78, 5) is 38.1. The number of carbonyl (C=O) groups is 3. The van der Waals surface area contributed by atoms with Gasteiger partial charge in [-0.3, -0.25) is 14.4 Å². The third kappa shape index (κ3) is 2.35. The van der Waals surface area contributed by atoms with Gasteiger partial charge in [0, 0.05) is 36.0 Å². The molecule has 3 N–H and O–H groups in total. The van der Waals surface area contributed by atoms with Gasteiger partial charge < -0.3 is 15.3 Å². The molecule has 0 spiro atoms. The Bertz CT molecular complexity index is 1010. The first-order valence-electron chi connectivity index (χ1n) is 12.5. The molecule has 0 aromatic rings. The Kier molecular flexibility index (Phi) is 4.48. The third-order valence-electron chi connectivity index (χ3n) is 11.6. The van der Waals surface area contributed by atoms with Crippen LogP contribution in [0, 0.1) is 45.3 Å². The fourth-order valence-corrected chi connectivity index (χ4v) is 9.81. The molecule has 33 heavy (non-hydrogen) atoms. The van der Waals surface area contributed by atoms with Gasteiger partial charge in [0.2, 0.25) is 0 Å². The van der Waals surface area contributed by atoms with Crippen molar-refractivity contribution in [2.45, 2.75) is 91.8 Å². The number of carboxylic acid groups (broad SMARTS) is 1. The molecule has 5 aliphatic rings. The third-order valence-corrected chi connectivity index (χ3v) is 11.6. The van der Waals surface area contributed by atoms with Crippen LogP contribution >= 0.6 is 0 Å². The van der Waals surface area contributed by atoms with Gasteiger partial charge in [0.05, 0.1) is 17.1 Å². The molecule has 0 aromatic carbocycles. The molecule has 0 bridgehead atoms. The highest BCUT2D eigenvalue weighted by molar-refractivity contribution is 5.94. The van der Waals surface area contributed by atoms with Crippen molar-refractivity contribution < 1.29 is 29.7 Å². The molecule has 5 rings (SSSR count). The van der Waals surface area contributed by atoms with Gasteiger partial charge in [-0.25, -0.2) is 0 Å². The van der Waals surface area contributed by atoms with Gasteiger partial charge in [-0.15, -0.1) is 0 Å². The molecule has 3 fully saturated rings. The van der Waals surface area contributed by atoms with Crippen LogP contribution in [0.4, 0.5) is 0 Å². The normalized spacial score (nSPS) is 50.4. The van der Waals surface area contributed by atoms with E-state index in [2.05, 4.69) is 13.8 Å². The first kappa shape index (κ1) is 23.2. The molecule has 9 atom stereocenters. The Morgan fingerprint density at radius 3 is 2.30 bits per heavy atom. The highest BCUT2D eigenvalue weighted by Gasteiger charge is 2.81. The van der Waals surface area contributed by atoms with Crippen LogP contribution in [0.2, 0.25) is 0 Å². The number of aliphatic hydroxyl groups excluding tert-OH is 1. The second-order valence-electron chi connectivity index (χ2n) is 13.1. The Hall–Kier alpha value is -1.53. The lowest BCUT2D eigenvalue weighted by molar-refractivity contribution is -0.234. The summed E-state index contributed by atoms with van der Waals surface area (Å²) >= 11 is 0. The Labute approximate surface area is 195 Å².